The summed E-state index contributed by atoms with van der Waals surface area (Å²) in [7, 11) is 0. The van der Waals surface area contributed by atoms with E-state index in [1.807, 2.05) is 153 Å². The van der Waals surface area contributed by atoms with Gasteiger partial charge < -0.3 is 10.2 Å². The van der Waals surface area contributed by atoms with E-state index in [0.717, 1.165) is 43.8 Å². The molecule has 2 saturated carbocycles. The Balaban J connectivity index is 1.14. The fourth-order valence-electron chi connectivity index (χ4n) is 8.61. The van der Waals surface area contributed by atoms with Crippen molar-refractivity contribution in [1.29, 1.82) is 0 Å². The third-order valence-electron chi connectivity index (χ3n) is 11.4. The van der Waals surface area contributed by atoms with Gasteiger partial charge >= 0.3 is 0 Å². The van der Waals surface area contributed by atoms with Gasteiger partial charge in [-0.15, -0.1) is 0 Å². The monoisotopic (exact) mass is 750 g/mol. The number of benzene rings is 6. The number of Topliss-reactive ketones (excluding diaryl/α,β-unsaturated/α-hetero) is 2. The number of rotatable bonds is 9. The van der Waals surface area contributed by atoms with Crippen molar-refractivity contribution in [2.75, 3.05) is 6.54 Å². The van der Waals surface area contributed by atoms with E-state index in [4.69, 9.17) is 9.98 Å². The third-order valence-corrected chi connectivity index (χ3v) is 11.4. The molecule has 0 spiro atoms. The number of allylic oxidation sites excluding steroid dienone is 4. The van der Waals surface area contributed by atoms with E-state index < -0.39 is 0 Å². The maximum atomic E-state index is 14.0. The number of fused-ring (bicyclic) bond motifs is 2. The van der Waals surface area contributed by atoms with Gasteiger partial charge in [-0.05, 0) is 75.4 Å². The number of ketones is 2. The van der Waals surface area contributed by atoms with Crippen LogP contribution in [0, 0.1) is 0 Å². The van der Waals surface area contributed by atoms with Crippen LogP contribution in [0.4, 0.5) is 0 Å². The summed E-state index contributed by atoms with van der Waals surface area (Å²) in [6.07, 6.45) is 1.98. The van der Waals surface area contributed by atoms with Gasteiger partial charge in [0.15, 0.2) is 11.6 Å². The molecule has 6 heteroatoms. The molecule has 0 bridgehead atoms. The highest BCUT2D eigenvalue weighted by molar-refractivity contribution is 6.25. The van der Waals surface area contributed by atoms with Gasteiger partial charge in [0.1, 0.15) is 11.5 Å². The summed E-state index contributed by atoms with van der Waals surface area (Å²) in [6.45, 7) is 2.19. The minimum absolute atomic E-state index is 0.0206. The zero-order valence-electron chi connectivity index (χ0n) is 32.1. The molecule has 0 saturated heterocycles. The molecule has 284 valence electrons. The molecule has 8 rings (SSSR count). The minimum atomic E-state index is -0.385. The quantitative estimate of drug-likeness (QED) is 0.113. The van der Waals surface area contributed by atoms with Crippen molar-refractivity contribution in [3.8, 4) is 0 Å². The highest BCUT2D eigenvalue weighted by atomic mass is 16.3. The number of hydrogen-bond donors (Lipinski definition) is 2. The fourth-order valence-corrected chi connectivity index (χ4v) is 8.61. The van der Waals surface area contributed by atoms with E-state index >= 15 is 0 Å². The van der Waals surface area contributed by atoms with E-state index in [1.165, 1.54) is 0 Å². The van der Waals surface area contributed by atoms with Crippen molar-refractivity contribution in [3.05, 3.63) is 191 Å². The average molecular weight is 751 g/mol. The number of aliphatic hydroxyl groups is 2. The summed E-state index contributed by atoms with van der Waals surface area (Å²) < 4.78 is 0. The summed E-state index contributed by atoms with van der Waals surface area (Å²) in [4.78, 5) is 38.2. The molecule has 2 aliphatic carbocycles. The molecule has 6 nitrogen and oxygen atoms in total. The van der Waals surface area contributed by atoms with Crippen LogP contribution in [-0.2, 0) is 22.4 Å². The number of aliphatic imine (C=N–C) groups is 2. The molecular weight excluding hydrogens is 705 g/mol. The van der Waals surface area contributed by atoms with Crippen LogP contribution in [0.3, 0.4) is 0 Å². The van der Waals surface area contributed by atoms with Crippen LogP contribution in [0.2, 0.25) is 0 Å². The molecule has 0 radical (unpaired) electrons. The normalized spacial score (nSPS) is 21.3. The van der Waals surface area contributed by atoms with Crippen LogP contribution >= 0.6 is 0 Å². The van der Waals surface area contributed by atoms with Gasteiger partial charge in [0.25, 0.3) is 0 Å². The maximum absolute atomic E-state index is 14.0. The zero-order chi connectivity index (χ0) is 39.3. The first-order valence-electron chi connectivity index (χ1n) is 19.9. The highest BCUT2D eigenvalue weighted by Crippen LogP contribution is 2.36. The Morgan fingerprint density at radius 1 is 0.544 bits per heavy atom. The molecule has 0 heterocycles. The van der Waals surface area contributed by atoms with Gasteiger partial charge in [-0.2, -0.15) is 0 Å². The Hall–Kier alpha value is -6.40. The summed E-state index contributed by atoms with van der Waals surface area (Å²) in [6, 6.07) is 47.7. The Morgan fingerprint density at radius 3 is 1.47 bits per heavy atom. The lowest BCUT2D eigenvalue weighted by atomic mass is 9.78. The second kappa shape index (κ2) is 16.8. The fraction of sp³-hybridized carbons (Fsp3) is 0.216. The molecule has 3 unspecified atom stereocenters. The predicted octanol–water partition coefficient (Wildman–Crippen LogP) is 11.0. The van der Waals surface area contributed by atoms with Crippen LogP contribution in [0.5, 0.6) is 0 Å². The van der Waals surface area contributed by atoms with Gasteiger partial charge in [-0.3, -0.25) is 19.6 Å². The molecule has 0 amide bonds. The number of aliphatic hydroxyl groups excluding tert-OH is 2. The van der Waals surface area contributed by atoms with Crippen LogP contribution in [-0.4, -0.2) is 45.8 Å². The SMILES string of the molecule is CC(CN=C1CC(c2ccccc2)CC(=O)/C1=C(/O)Cc1cccc2ccccc12)N=C1CC(c2ccccc2)CC(=O)/C1=C(/O)Cc1cccc2ccccc12. The molecule has 0 aromatic heterocycles. The van der Waals surface area contributed by atoms with Crippen molar-refractivity contribution >= 4 is 44.5 Å². The third kappa shape index (κ3) is 8.27. The van der Waals surface area contributed by atoms with Crippen LogP contribution in [0.1, 0.15) is 66.7 Å². The standard InChI is InChI=1S/C51H46N2O4/c1-33(53-45-27-41(35-16-6-3-7-17-35)31-49(57)51(45)47(55)29-39-23-13-21-37-19-9-11-25-43(37)39)32-52-44-26-40(34-14-4-2-5-15-34)30-48(56)50(44)46(54)28-38-22-12-20-36-18-8-10-24-42(36)38/h2-25,33,40-41,54-55H,26-32H2,1H3/b50-46+,51-47+,52-44?,53-45?. The second-order valence-electron chi connectivity index (χ2n) is 15.4. The summed E-state index contributed by atoms with van der Waals surface area (Å²) >= 11 is 0. The molecular formula is C51H46N2O4. The zero-order valence-corrected chi connectivity index (χ0v) is 32.1. The summed E-state index contributed by atoms with van der Waals surface area (Å²) in [5, 5.41) is 27.7. The number of hydrogen-bond acceptors (Lipinski definition) is 6. The van der Waals surface area contributed by atoms with Crippen molar-refractivity contribution in [2.45, 2.75) is 63.3 Å². The van der Waals surface area contributed by atoms with E-state index in [9.17, 15) is 19.8 Å². The van der Waals surface area contributed by atoms with Gasteiger partial charge in [0.05, 0.1) is 29.4 Å². The Bertz CT molecular complexity index is 2570. The molecule has 6 aromatic rings. The molecule has 2 N–H and O–H groups in total. The molecule has 2 fully saturated rings. The number of carbonyl (C=O) groups is 2. The molecule has 0 aliphatic heterocycles. The lowest BCUT2D eigenvalue weighted by molar-refractivity contribution is -0.116. The molecule has 57 heavy (non-hydrogen) atoms. The minimum Gasteiger partial charge on any atom is -0.511 e. The van der Waals surface area contributed by atoms with Gasteiger partial charge in [0.2, 0.25) is 0 Å². The maximum Gasteiger partial charge on any atom is 0.168 e. The lowest BCUT2D eigenvalue weighted by Crippen LogP contribution is -2.29. The molecule has 3 atom stereocenters. The van der Waals surface area contributed by atoms with Crippen LogP contribution in [0.25, 0.3) is 21.5 Å². The lowest BCUT2D eigenvalue weighted by Gasteiger charge is -2.27. The van der Waals surface area contributed by atoms with Crippen molar-refractivity contribution < 1.29 is 19.8 Å². The Labute approximate surface area is 333 Å². The van der Waals surface area contributed by atoms with Gasteiger partial charge in [0, 0.05) is 31.4 Å². The Morgan fingerprint density at radius 2 is 0.965 bits per heavy atom. The van der Waals surface area contributed by atoms with Crippen molar-refractivity contribution in [2.24, 2.45) is 9.98 Å². The topological polar surface area (TPSA) is 99.3 Å². The molecule has 2 aliphatic rings. The summed E-state index contributed by atoms with van der Waals surface area (Å²) in [5.74, 6) is -0.362. The first-order valence-corrected chi connectivity index (χ1v) is 19.9. The highest BCUT2D eigenvalue weighted by Gasteiger charge is 2.34. The van der Waals surface area contributed by atoms with E-state index in [0.29, 0.717) is 35.4 Å². The van der Waals surface area contributed by atoms with Crippen LogP contribution < -0.4 is 0 Å². The number of nitrogens with zero attached hydrogens (tertiary/aromatic N) is 2. The van der Waals surface area contributed by atoms with Gasteiger partial charge in [-0.25, -0.2) is 0 Å². The van der Waals surface area contributed by atoms with Crippen molar-refractivity contribution in [3.63, 3.8) is 0 Å². The predicted molar refractivity (Wildman–Crippen MR) is 231 cm³/mol. The largest absolute Gasteiger partial charge is 0.511 e. The van der Waals surface area contributed by atoms with E-state index in [1.54, 1.807) is 0 Å². The Kier molecular flexibility index (Phi) is 11.0. The smallest absolute Gasteiger partial charge is 0.168 e. The van der Waals surface area contributed by atoms with Crippen molar-refractivity contribution in [1.82, 2.24) is 0 Å². The van der Waals surface area contributed by atoms with E-state index in [-0.39, 0.29) is 73.2 Å². The first-order chi connectivity index (χ1) is 27.8. The average Bonchev–Trinajstić information content (AvgIpc) is 3.23. The van der Waals surface area contributed by atoms with Gasteiger partial charge in [-0.1, -0.05) is 146 Å². The van der Waals surface area contributed by atoms with Crippen LogP contribution in [0.15, 0.2) is 178 Å². The molecule has 6 aromatic carbocycles. The second-order valence-corrected chi connectivity index (χ2v) is 15.4. The van der Waals surface area contributed by atoms with E-state index in [2.05, 4.69) is 0 Å². The summed E-state index contributed by atoms with van der Waals surface area (Å²) in [5.41, 5.74) is 5.72. The number of carbonyl (C=O) groups excluding carboxylic acids is 2. The first kappa shape index (κ1) is 37.5.